The number of ether oxygens (including phenoxy) is 1. The monoisotopic (exact) mass is 282 g/mol. The number of carbonyl (C=O) groups is 1. The number of halogens is 1. The molecule has 2 N–H and O–H groups in total. The minimum atomic E-state index is -0.669. The van der Waals surface area contributed by atoms with Crippen molar-refractivity contribution < 1.29 is 18.4 Å². The number of aromatic nitrogens is 4. The average molecular weight is 282 g/mol. The Morgan fingerprint density at radius 2 is 2.30 bits per heavy atom. The third-order valence-corrected chi connectivity index (χ3v) is 2.20. The van der Waals surface area contributed by atoms with Crippen molar-refractivity contribution in [2.24, 2.45) is 0 Å². The molecule has 2 heterocycles. The molecule has 0 aromatic carbocycles. The van der Waals surface area contributed by atoms with E-state index in [0.29, 0.717) is 0 Å². The van der Waals surface area contributed by atoms with Crippen molar-refractivity contribution in [3.63, 3.8) is 0 Å². The summed E-state index contributed by atoms with van der Waals surface area (Å²) in [5, 5.41) is 8.58. The van der Waals surface area contributed by atoms with Crippen molar-refractivity contribution in [1.29, 1.82) is 0 Å². The molecule has 0 saturated carbocycles. The van der Waals surface area contributed by atoms with Gasteiger partial charge in [-0.05, 0) is 0 Å². The maximum absolute atomic E-state index is 13.1. The van der Waals surface area contributed by atoms with E-state index in [1.54, 1.807) is 0 Å². The van der Waals surface area contributed by atoms with E-state index in [1.807, 2.05) is 0 Å². The van der Waals surface area contributed by atoms with E-state index in [-0.39, 0.29) is 30.1 Å². The molecule has 1 amide bonds. The molecule has 0 unspecified atom stereocenters. The first-order valence-electron chi connectivity index (χ1n) is 5.49. The van der Waals surface area contributed by atoms with Crippen molar-refractivity contribution >= 4 is 11.9 Å². The molecule has 2 aromatic heterocycles. The Morgan fingerprint density at radius 1 is 1.50 bits per heavy atom. The number of hydrogen-bond acceptors (Lipinski definition) is 8. The maximum Gasteiger partial charge on any atom is 0.292 e. The van der Waals surface area contributed by atoms with Crippen molar-refractivity contribution in [3.8, 4) is 5.88 Å². The van der Waals surface area contributed by atoms with Crippen LogP contribution < -0.4 is 15.4 Å². The average Bonchev–Trinajstić information content (AvgIpc) is 2.94. The van der Waals surface area contributed by atoms with Gasteiger partial charge in [-0.2, -0.15) is 14.4 Å². The molecule has 9 nitrogen and oxygen atoms in total. The van der Waals surface area contributed by atoms with Gasteiger partial charge in [0.15, 0.2) is 0 Å². The molecule has 0 aliphatic carbocycles. The van der Waals surface area contributed by atoms with Gasteiger partial charge in [-0.3, -0.25) is 4.79 Å². The Hall–Kier alpha value is -2.78. The molecule has 0 atom stereocenters. The normalized spacial score (nSPS) is 10.2. The number of amides is 1. The highest BCUT2D eigenvalue weighted by Gasteiger charge is 2.13. The third kappa shape index (κ3) is 2.96. The van der Waals surface area contributed by atoms with Crippen LogP contribution in [-0.4, -0.2) is 40.2 Å². The van der Waals surface area contributed by atoms with Gasteiger partial charge in [0.25, 0.3) is 17.6 Å². The van der Waals surface area contributed by atoms with Gasteiger partial charge in [-0.25, -0.2) is 4.98 Å². The van der Waals surface area contributed by atoms with Crippen LogP contribution in [0.3, 0.4) is 0 Å². The first-order valence-corrected chi connectivity index (χ1v) is 5.49. The third-order valence-electron chi connectivity index (χ3n) is 2.20. The molecule has 10 heteroatoms. The van der Waals surface area contributed by atoms with Crippen LogP contribution in [0.15, 0.2) is 10.7 Å². The molecule has 0 bridgehead atoms. The summed E-state index contributed by atoms with van der Waals surface area (Å²) in [5.74, 6) is -1.10. The molecule has 106 valence electrons. The number of anilines is 1. The van der Waals surface area contributed by atoms with Gasteiger partial charge in [0, 0.05) is 7.05 Å². The molecular formula is C10H11FN6O3. The highest BCUT2D eigenvalue weighted by molar-refractivity contribution is 5.89. The SMILES string of the molecule is CNC(=O)c1noc(CNc2ncc(F)c(OC)n2)n1. The highest BCUT2D eigenvalue weighted by atomic mass is 19.1. The predicted octanol–water partition coefficient (Wildman–Crippen LogP) is -0.0210. The maximum atomic E-state index is 13.1. The van der Waals surface area contributed by atoms with Gasteiger partial charge in [-0.15, -0.1) is 0 Å². The fourth-order valence-corrected chi connectivity index (χ4v) is 1.27. The summed E-state index contributed by atoms with van der Waals surface area (Å²) < 4.78 is 22.7. The fourth-order valence-electron chi connectivity index (χ4n) is 1.27. The minimum Gasteiger partial charge on any atom is -0.479 e. The standard InChI is InChI=1S/C10H11FN6O3/c1-12-8(18)7-15-6(20-17-7)4-14-10-13-3-5(11)9(16-10)19-2/h3H,4H2,1-2H3,(H,12,18)(H,13,14,16). The van der Waals surface area contributed by atoms with Crippen molar-refractivity contribution in [1.82, 2.24) is 25.4 Å². The summed E-state index contributed by atoms with van der Waals surface area (Å²) in [4.78, 5) is 22.6. The van der Waals surface area contributed by atoms with E-state index in [4.69, 9.17) is 9.26 Å². The second kappa shape index (κ2) is 5.91. The summed E-state index contributed by atoms with van der Waals surface area (Å²) in [7, 11) is 2.75. The summed E-state index contributed by atoms with van der Waals surface area (Å²) >= 11 is 0. The van der Waals surface area contributed by atoms with Crippen LogP contribution >= 0.6 is 0 Å². The Labute approximate surface area is 112 Å². The van der Waals surface area contributed by atoms with Gasteiger partial charge in [0.2, 0.25) is 17.7 Å². The molecule has 2 rings (SSSR count). The van der Waals surface area contributed by atoms with Crippen LogP contribution in [0.25, 0.3) is 0 Å². The fraction of sp³-hybridized carbons (Fsp3) is 0.300. The molecule has 0 fully saturated rings. The van der Waals surface area contributed by atoms with Crippen LogP contribution in [-0.2, 0) is 6.54 Å². The topological polar surface area (TPSA) is 115 Å². The number of hydrogen-bond donors (Lipinski definition) is 2. The lowest BCUT2D eigenvalue weighted by Gasteiger charge is -2.04. The molecule has 20 heavy (non-hydrogen) atoms. The summed E-state index contributed by atoms with van der Waals surface area (Å²) in [5.41, 5.74) is 0. The number of methoxy groups -OCH3 is 1. The Bertz CT molecular complexity index is 617. The Morgan fingerprint density at radius 3 is 3.00 bits per heavy atom. The van der Waals surface area contributed by atoms with Gasteiger partial charge in [-0.1, -0.05) is 5.16 Å². The molecular weight excluding hydrogens is 271 g/mol. The lowest BCUT2D eigenvalue weighted by molar-refractivity contribution is 0.0950. The van der Waals surface area contributed by atoms with Crippen molar-refractivity contribution in [2.75, 3.05) is 19.5 Å². The first-order chi connectivity index (χ1) is 9.63. The zero-order valence-electron chi connectivity index (χ0n) is 10.7. The van der Waals surface area contributed by atoms with Gasteiger partial charge in [0.1, 0.15) is 0 Å². The molecule has 0 spiro atoms. The molecule has 0 radical (unpaired) electrons. The van der Waals surface area contributed by atoms with Crippen molar-refractivity contribution in [3.05, 3.63) is 23.7 Å². The van der Waals surface area contributed by atoms with E-state index < -0.39 is 11.7 Å². The molecule has 0 aliphatic rings. The predicted molar refractivity (Wildman–Crippen MR) is 63.6 cm³/mol. The zero-order valence-corrected chi connectivity index (χ0v) is 10.7. The summed E-state index contributed by atoms with van der Waals surface area (Å²) in [6.45, 7) is 0.0821. The van der Waals surface area contributed by atoms with Gasteiger partial charge < -0.3 is 19.9 Å². The van der Waals surface area contributed by atoms with Crippen LogP contribution in [0.2, 0.25) is 0 Å². The Kier molecular flexibility index (Phi) is 4.03. The minimum absolute atomic E-state index is 0.0816. The number of carbonyl (C=O) groups excluding carboxylic acids is 1. The molecule has 2 aromatic rings. The Balaban J connectivity index is 2.01. The number of nitrogens with zero attached hydrogens (tertiary/aromatic N) is 4. The van der Waals surface area contributed by atoms with Crippen LogP contribution in [0.5, 0.6) is 5.88 Å². The van der Waals surface area contributed by atoms with Crippen LogP contribution in [0.4, 0.5) is 10.3 Å². The van der Waals surface area contributed by atoms with E-state index in [9.17, 15) is 9.18 Å². The van der Waals surface area contributed by atoms with E-state index in [1.165, 1.54) is 14.2 Å². The van der Waals surface area contributed by atoms with Gasteiger partial charge in [0.05, 0.1) is 19.9 Å². The molecule has 0 aliphatic heterocycles. The number of nitrogens with one attached hydrogen (secondary N) is 2. The zero-order chi connectivity index (χ0) is 14.5. The molecule has 0 saturated heterocycles. The number of rotatable bonds is 5. The quantitative estimate of drug-likeness (QED) is 0.786. The summed E-state index contributed by atoms with van der Waals surface area (Å²) in [6.07, 6.45) is 0.970. The van der Waals surface area contributed by atoms with Crippen LogP contribution in [0.1, 0.15) is 16.5 Å². The van der Waals surface area contributed by atoms with E-state index >= 15 is 0 Å². The highest BCUT2D eigenvalue weighted by Crippen LogP contribution is 2.13. The van der Waals surface area contributed by atoms with Crippen LogP contribution in [0, 0.1) is 5.82 Å². The second-order valence-corrected chi connectivity index (χ2v) is 3.50. The van der Waals surface area contributed by atoms with Crippen molar-refractivity contribution in [2.45, 2.75) is 6.54 Å². The van der Waals surface area contributed by atoms with E-state index in [2.05, 4.69) is 30.7 Å². The van der Waals surface area contributed by atoms with Gasteiger partial charge >= 0.3 is 0 Å². The lowest BCUT2D eigenvalue weighted by atomic mass is 10.5. The first kappa shape index (κ1) is 13.6. The lowest BCUT2D eigenvalue weighted by Crippen LogP contribution is -2.19. The van der Waals surface area contributed by atoms with E-state index in [0.717, 1.165) is 6.20 Å². The summed E-state index contributed by atoms with van der Waals surface area (Å²) in [6, 6.07) is 0. The smallest absolute Gasteiger partial charge is 0.292 e. The second-order valence-electron chi connectivity index (χ2n) is 3.50. The largest absolute Gasteiger partial charge is 0.479 e.